The minimum absolute atomic E-state index is 0.196. The molecule has 1 unspecified atom stereocenters. The maximum atomic E-state index is 5.34. The normalized spacial score (nSPS) is 12.7. The summed E-state index contributed by atoms with van der Waals surface area (Å²) < 4.78 is 5.34. The smallest absolute Gasteiger partial charge is 0.122 e. The molecule has 1 rings (SSSR count). The molecule has 0 aliphatic carbocycles. The highest BCUT2D eigenvalue weighted by Gasteiger charge is 2.15. The summed E-state index contributed by atoms with van der Waals surface area (Å²) >= 11 is 3.62. The molecule has 0 spiro atoms. The molecule has 1 aromatic rings. The van der Waals surface area contributed by atoms with E-state index in [1.54, 1.807) is 7.11 Å². The third-order valence-corrected chi connectivity index (χ3v) is 3.75. The van der Waals surface area contributed by atoms with Crippen LogP contribution in [0.4, 0.5) is 0 Å². The Hall–Kier alpha value is -0.540. The molecular weight excluding hydrogens is 254 g/mol. The molecule has 1 N–H and O–H groups in total. The van der Waals surface area contributed by atoms with E-state index in [1.165, 1.54) is 22.3 Å². The summed E-state index contributed by atoms with van der Waals surface area (Å²) in [6.45, 7) is 6.33. The van der Waals surface area contributed by atoms with Gasteiger partial charge in [0.25, 0.3) is 0 Å². The van der Waals surface area contributed by atoms with Gasteiger partial charge in [-0.3, -0.25) is 0 Å². The number of hydrogen-bond acceptors (Lipinski definition) is 2. The van der Waals surface area contributed by atoms with Crippen molar-refractivity contribution in [2.24, 2.45) is 0 Å². The van der Waals surface area contributed by atoms with E-state index in [2.05, 4.69) is 48.1 Å². The maximum Gasteiger partial charge on any atom is 0.122 e. The van der Waals surface area contributed by atoms with Crippen LogP contribution in [0.2, 0.25) is 0 Å². The number of nitrogens with one attached hydrogen (secondary N) is 1. The number of alkyl halides is 1. The summed E-state index contributed by atoms with van der Waals surface area (Å²) in [6.07, 6.45) is 0. The molecule has 15 heavy (non-hydrogen) atoms. The lowest BCUT2D eigenvalue weighted by Gasteiger charge is -2.19. The lowest BCUT2D eigenvalue weighted by Crippen LogP contribution is -2.13. The Balaban J connectivity index is 3.35. The molecule has 1 atom stereocenters. The van der Waals surface area contributed by atoms with E-state index in [0.717, 1.165) is 5.75 Å². The summed E-state index contributed by atoms with van der Waals surface area (Å²) in [6, 6.07) is 2.09. The molecule has 0 fully saturated rings. The van der Waals surface area contributed by atoms with Gasteiger partial charge in [0.05, 0.1) is 12.1 Å². The van der Waals surface area contributed by atoms with Gasteiger partial charge in [-0.15, -0.1) is 0 Å². The second kappa shape index (κ2) is 4.99. The van der Waals surface area contributed by atoms with Crippen molar-refractivity contribution in [3.63, 3.8) is 0 Å². The highest BCUT2D eigenvalue weighted by atomic mass is 79.9. The Bertz CT molecular complexity index is 363. The largest absolute Gasteiger partial charge is 0.496 e. The van der Waals surface area contributed by atoms with Crippen molar-refractivity contribution < 1.29 is 4.74 Å². The molecule has 0 heterocycles. The van der Waals surface area contributed by atoms with Gasteiger partial charge in [0.15, 0.2) is 0 Å². The zero-order chi connectivity index (χ0) is 11.6. The lowest BCUT2D eigenvalue weighted by atomic mass is 9.97. The summed E-state index contributed by atoms with van der Waals surface area (Å²) in [5.41, 5.74) is 5.03. The van der Waals surface area contributed by atoms with Crippen molar-refractivity contribution >= 4 is 15.9 Å². The topological polar surface area (TPSA) is 21.3 Å². The van der Waals surface area contributed by atoms with Crippen molar-refractivity contribution in [3.05, 3.63) is 28.3 Å². The average Bonchev–Trinajstić information content (AvgIpc) is 2.23. The Morgan fingerprint density at radius 1 is 1.27 bits per heavy atom. The van der Waals surface area contributed by atoms with Gasteiger partial charge < -0.3 is 10.1 Å². The van der Waals surface area contributed by atoms with Gasteiger partial charge in [0.1, 0.15) is 5.75 Å². The molecule has 1 aromatic carbocycles. The first kappa shape index (κ1) is 12.5. The fourth-order valence-electron chi connectivity index (χ4n) is 1.81. The SMILES string of the molecule is CNC(Br)c1c(C)cc(OC)c(C)c1C. The number of aryl methyl sites for hydroxylation is 1. The second-order valence-corrected chi connectivity index (χ2v) is 4.63. The fraction of sp³-hybridized carbons (Fsp3) is 0.500. The predicted molar refractivity (Wildman–Crippen MR) is 67.9 cm³/mol. The van der Waals surface area contributed by atoms with Crippen molar-refractivity contribution in [1.29, 1.82) is 0 Å². The summed E-state index contributed by atoms with van der Waals surface area (Å²) in [5, 5.41) is 3.20. The molecule has 0 aliphatic heterocycles. The molecule has 0 radical (unpaired) electrons. The van der Waals surface area contributed by atoms with Crippen LogP contribution in [-0.4, -0.2) is 14.2 Å². The Morgan fingerprint density at radius 2 is 1.87 bits per heavy atom. The summed E-state index contributed by atoms with van der Waals surface area (Å²) in [4.78, 5) is 0.196. The van der Waals surface area contributed by atoms with Crippen molar-refractivity contribution in [3.8, 4) is 5.75 Å². The van der Waals surface area contributed by atoms with E-state index >= 15 is 0 Å². The van der Waals surface area contributed by atoms with Crippen molar-refractivity contribution in [2.75, 3.05) is 14.2 Å². The zero-order valence-electron chi connectivity index (χ0n) is 9.94. The van der Waals surface area contributed by atoms with Gasteiger partial charge in [-0.25, -0.2) is 0 Å². The standard InChI is InChI=1S/C12H18BrNO/c1-7-6-10(15-5)8(2)9(3)11(7)12(13)14-4/h6,12,14H,1-5H3. The minimum Gasteiger partial charge on any atom is -0.496 e. The third-order valence-electron chi connectivity index (χ3n) is 2.84. The molecule has 0 aliphatic rings. The average molecular weight is 272 g/mol. The van der Waals surface area contributed by atoms with Gasteiger partial charge in [0, 0.05) is 0 Å². The van der Waals surface area contributed by atoms with E-state index in [9.17, 15) is 0 Å². The number of halogens is 1. The van der Waals surface area contributed by atoms with Gasteiger partial charge in [0.2, 0.25) is 0 Å². The first-order valence-electron chi connectivity index (χ1n) is 4.99. The Kier molecular flexibility index (Phi) is 4.17. The van der Waals surface area contributed by atoms with Gasteiger partial charge in [-0.05, 0) is 56.1 Å². The van der Waals surface area contributed by atoms with E-state index in [-0.39, 0.29) is 4.95 Å². The predicted octanol–water partition coefficient (Wildman–Crippen LogP) is 3.23. The van der Waals surface area contributed by atoms with Crippen LogP contribution in [0.1, 0.15) is 27.2 Å². The summed E-state index contributed by atoms with van der Waals surface area (Å²) in [7, 11) is 3.66. The fourth-order valence-corrected chi connectivity index (χ4v) is 2.52. The number of rotatable bonds is 3. The third kappa shape index (κ3) is 2.34. The molecule has 0 bridgehead atoms. The number of benzene rings is 1. The highest BCUT2D eigenvalue weighted by Crippen LogP contribution is 2.33. The zero-order valence-corrected chi connectivity index (χ0v) is 11.5. The lowest BCUT2D eigenvalue weighted by molar-refractivity contribution is 0.410. The second-order valence-electron chi connectivity index (χ2n) is 3.71. The molecule has 0 saturated carbocycles. The molecule has 0 aromatic heterocycles. The van der Waals surface area contributed by atoms with E-state index in [4.69, 9.17) is 4.74 Å². The van der Waals surface area contributed by atoms with E-state index in [1.807, 2.05) is 7.05 Å². The molecule has 2 nitrogen and oxygen atoms in total. The summed E-state index contributed by atoms with van der Waals surface area (Å²) in [5.74, 6) is 0.963. The monoisotopic (exact) mass is 271 g/mol. The molecular formula is C12H18BrNO. The minimum atomic E-state index is 0.196. The molecule has 0 saturated heterocycles. The quantitative estimate of drug-likeness (QED) is 0.673. The van der Waals surface area contributed by atoms with Crippen molar-refractivity contribution in [1.82, 2.24) is 5.32 Å². The van der Waals surface area contributed by atoms with Crippen LogP contribution in [0.5, 0.6) is 5.75 Å². The van der Waals surface area contributed by atoms with Crippen LogP contribution in [0, 0.1) is 20.8 Å². The van der Waals surface area contributed by atoms with Crippen LogP contribution >= 0.6 is 15.9 Å². The molecule has 0 amide bonds. The maximum absolute atomic E-state index is 5.34. The van der Waals surface area contributed by atoms with Crippen LogP contribution in [0.25, 0.3) is 0 Å². The van der Waals surface area contributed by atoms with Gasteiger partial charge >= 0.3 is 0 Å². The Morgan fingerprint density at radius 3 is 2.33 bits per heavy atom. The first-order valence-corrected chi connectivity index (χ1v) is 5.90. The molecule has 84 valence electrons. The number of hydrogen-bond donors (Lipinski definition) is 1. The van der Waals surface area contributed by atoms with Crippen molar-refractivity contribution in [2.45, 2.75) is 25.7 Å². The Labute approximate surface area is 100 Å². The van der Waals surface area contributed by atoms with Crippen LogP contribution in [0.3, 0.4) is 0 Å². The van der Waals surface area contributed by atoms with Gasteiger partial charge in [-0.1, -0.05) is 15.9 Å². The van der Waals surface area contributed by atoms with E-state index in [0.29, 0.717) is 0 Å². The number of methoxy groups -OCH3 is 1. The van der Waals surface area contributed by atoms with E-state index < -0.39 is 0 Å². The number of ether oxygens (including phenoxy) is 1. The van der Waals surface area contributed by atoms with Crippen LogP contribution in [-0.2, 0) is 0 Å². The molecule has 3 heteroatoms. The van der Waals surface area contributed by atoms with Crippen LogP contribution in [0.15, 0.2) is 6.07 Å². The van der Waals surface area contributed by atoms with Crippen LogP contribution < -0.4 is 10.1 Å². The van der Waals surface area contributed by atoms with Gasteiger partial charge in [-0.2, -0.15) is 0 Å². The highest BCUT2D eigenvalue weighted by molar-refractivity contribution is 9.09. The first-order chi connectivity index (χ1) is 7.02.